The first kappa shape index (κ1) is 26.8. The molecular formula is C20H39NO10. The second kappa shape index (κ2) is 13.3. The maximum atomic E-state index is 10.6. The largest absolute Gasteiger partial charge is 0.394 e. The zero-order valence-electron chi connectivity index (χ0n) is 18.0. The molecule has 11 heteroatoms. The molecule has 11 nitrogen and oxygen atoms in total. The van der Waals surface area contributed by atoms with E-state index < -0.39 is 74.6 Å². The Kier molecular flexibility index (Phi) is 11.5. The Bertz CT molecular complexity index is 499. The van der Waals surface area contributed by atoms with E-state index >= 15 is 0 Å². The Morgan fingerprint density at radius 2 is 1.29 bits per heavy atom. The van der Waals surface area contributed by atoms with Crippen molar-refractivity contribution >= 4 is 0 Å². The highest BCUT2D eigenvalue weighted by atomic mass is 16.7. The summed E-state index contributed by atoms with van der Waals surface area (Å²) in [5, 5.41) is 59.7. The number of ether oxygens (including phenoxy) is 4. The molecule has 31 heavy (non-hydrogen) atoms. The maximum absolute atomic E-state index is 10.6. The predicted octanol–water partition coefficient (Wildman–Crippen LogP) is -2.05. The number of unbranched alkanes of at least 4 members (excludes halogenated alkanes) is 5. The van der Waals surface area contributed by atoms with Gasteiger partial charge in [0.25, 0.3) is 0 Å². The van der Waals surface area contributed by atoms with E-state index in [0.717, 1.165) is 32.1 Å². The summed E-state index contributed by atoms with van der Waals surface area (Å²) in [6.07, 6.45) is -5.38. The van der Waals surface area contributed by atoms with Gasteiger partial charge in [0.2, 0.25) is 0 Å². The first-order valence-electron chi connectivity index (χ1n) is 11.1. The lowest BCUT2D eigenvalue weighted by Crippen LogP contribution is -2.66. The normalized spacial score (nSPS) is 41.4. The predicted molar refractivity (Wildman–Crippen MR) is 108 cm³/mol. The standard InChI is InChI=1S/C20H39NO10/c1-2-3-4-5-6-7-8-28-20-18(17(27)15(25)12(10-23)30-20)31-19-13(21)16(26)14(24)11(9-22)29-19/h11-20,22-27H,2-10,21H2,1H3/t11-,12-,13-,14+,15+,16-,17+,18-,19+,20-/m1/s1. The molecule has 2 aliphatic rings. The molecule has 0 unspecified atom stereocenters. The molecule has 2 rings (SSSR count). The topological polar surface area (TPSA) is 184 Å². The van der Waals surface area contributed by atoms with E-state index in [9.17, 15) is 30.6 Å². The molecule has 2 heterocycles. The third-order valence-electron chi connectivity index (χ3n) is 5.82. The summed E-state index contributed by atoms with van der Waals surface area (Å²) >= 11 is 0. The first-order chi connectivity index (χ1) is 14.8. The zero-order chi connectivity index (χ0) is 23.0. The van der Waals surface area contributed by atoms with E-state index in [2.05, 4.69) is 6.92 Å². The smallest absolute Gasteiger partial charge is 0.187 e. The van der Waals surface area contributed by atoms with E-state index in [-0.39, 0.29) is 0 Å². The van der Waals surface area contributed by atoms with Crippen molar-refractivity contribution in [3.63, 3.8) is 0 Å². The average molecular weight is 454 g/mol. The lowest BCUT2D eigenvalue weighted by Gasteiger charge is -2.46. The maximum Gasteiger partial charge on any atom is 0.187 e. The van der Waals surface area contributed by atoms with Gasteiger partial charge in [0.05, 0.1) is 19.3 Å². The first-order valence-corrected chi connectivity index (χ1v) is 11.1. The summed E-state index contributed by atoms with van der Waals surface area (Å²) in [6.45, 7) is 1.35. The van der Waals surface area contributed by atoms with Crippen LogP contribution in [-0.4, -0.2) is 112 Å². The Labute approximate surface area is 182 Å². The van der Waals surface area contributed by atoms with Crippen molar-refractivity contribution in [2.45, 2.75) is 107 Å². The Hall–Kier alpha value is -0.440. The molecule has 2 saturated heterocycles. The van der Waals surface area contributed by atoms with Crippen molar-refractivity contribution in [2.24, 2.45) is 5.73 Å². The fourth-order valence-electron chi connectivity index (χ4n) is 3.80. The van der Waals surface area contributed by atoms with Crippen LogP contribution in [0.25, 0.3) is 0 Å². The molecule has 184 valence electrons. The van der Waals surface area contributed by atoms with Crippen LogP contribution in [0.4, 0.5) is 0 Å². The number of hydrogen-bond donors (Lipinski definition) is 7. The molecule has 0 bridgehead atoms. The summed E-state index contributed by atoms with van der Waals surface area (Å²) in [6, 6.07) is -1.18. The molecule has 0 aromatic heterocycles. The van der Waals surface area contributed by atoms with E-state index in [1.54, 1.807) is 0 Å². The molecule has 10 atom stereocenters. The van der Waals surface area contributed by atoms with Gasteiger partial charge in [0, 0.05) is 6.61 Å². The lowest BCUT2D eigenvalue weighted by atomic mass is 9.96. The minimum absolute atomic E-state index is 0.315. The summed E-state index contributed by atoms with van der Waals surface area (Å²) < 4.78 is 22.5. The monoisotopic (exact) mass is 453 g/mol. The summed E-state index contributed by atoms with van der Waals surface area (Å²) in [4.78, 5) is 0. The van der Waals surface area contributed by atoms with E-state index in [1.165, 1.54) is 6.42 Å². The van der Waals surface area contributed by atoms with Gasteiger partial charge in [-0.15, -0.1) is 0 Å². The molecule has 2 aliphatic heterocycles. The number of aliphatic hydroxyl groups excluding tert-OH is 6. The van der Waals surface area contributed by atoms with Crippen LogP contribution in [0.2, 0.25) is 0 Å². The van der Waals surface area contributed by atoms with Crippen LogP contribution in [0.15, 0.2) is 0 Å². The van der Waals surface area contributed by atoms with Gasteiger partial charge in [0.15, 0.2) is 12.6 Å². The van der Waals surface area contributed by atoms with Crippen LogP contribution in [0.5, 0.6) is 0 Å². The van der Waals surface area contributed by atoms with Gasteiger partial charge < -0.3 is 55.3 Å². The minimum atomic E-state index is -1.49. The van der Waals surface area contributed by atoms with Crippen LogP contribution in [0.3, 0.4) is 0 Å². The van der Waals surface area contributed by atoms with Gasteiger partial charge in [0.1, 0.15) is 42.7 Å². The third kappa shape index (κ3) is 7.02. The number of hydrogen-bond acceptors (Lipinski definition) is 11. The Morgan fingerprint density at radius 1 is 0.742 bits per heavy atom. The highest BCUT2D eigenvalue weighted by molar-refractivity contribution is 4.95. The number of nitrogens with two attached hydrogens (primary N) is 1. The van der Waals surface area contributed by atoms with Crippen LogP contribution in [0.1, 0.15) is 45.4 Å². The van der Waals surface area contributed by atoms with Gasteiger partial charge in [-0.2, -0.15) is 0 Å². The van der Waals surface area contributed by atoms with Crippen molar-refractivity contribution in [2.75, 3.05) is 19.8 Å². The molecule has 8 N–H and O–H groups in total. The average Bonchev–Trinajstić information content (AvgIpc) is 2.77. The van der Waals surface area contributed by atoms with Crippen molar-refractivity contribution in [3.8, 4) is 0 Å². The van der Waals surface area contributed by atoms with Crippen molar-refractivity contribution in [3.05, 3.63) is 0 Å². The second-order valence-electron chi connectivity index (χ2n) is 8.23. The molecule has 0 amide bonds. The SMILES string of the molecule is CCCCCCCCO[C@@H]1O[C@H](CO)[C@H](O)[C@H](O)[C@H]1O[C@@H]1O[C@H](CO)[C@H](O)[C@H](O)[C@H]1N. The molecule has 0 spiro atoms. The van der Waals surface area contributed by atoms with Gasteiger partial charge in [-0.1, -0.05) is 39.0 Å². The molecule has 0 aliphatic carbocycles. The number of aliphatic hydroxyl groups is 6. The molecular weight excluding hydrogens is 414 g/mol. The summed E-state index contributed by atoms with van der Waals surface area (Å²) in [7, 11) is 0. The molecule has 0 aromatic carbocycles. The van der Waals surface area contributed by atoms with E-state index in [4.69, 9.17) is 24.7 Å². The lowest BCUT2D eigenvalue weighted by molar-refractivity contribution is -0.353. The molecule has 0 radical (unpaired) electrons. The van der Waals surface area contributed by atoms with Gasteiger partial charge in [-0.25, -0.2) is 0 Å². The Morgan fingerprint density at radius 3 is 1.90 bits per heavy atom. The van der Waals surface area contributed by atoms with E-state index in [1.807, 2.05) is 0 Å². The van der Waals surface area contributed by atoms with Gasteiger partial charge in [-0.05, 0) is 6.42 Å². The highest BCUT2D eigenvalue weighted by Crippen LogP contribution is 2.29. The molecule has 0 saturated carbocycles. The van der Waals surface area contributed by atoms with Crippen LogP contribution in [-0.2, 0) is 18.9 Å². The summed E-state index contributed by atoms with van der Waals surface area (Å²) in [5.41, 5.74) is 5.90. The van der Waals surface area contributed by atoms with Gasteiger partial charge >= 0.3 is 0 Å². The minimum Gasteiger partial charge on any atom is -0.394 e. The quantitative estimate of drug-likeness (QED) is 0.161. The fourth-order valence-corrected chi connectivity index (χ4v) is 3.80. The zero-order valence-corrected chi connectivity index (χ0v) is 18.0. The Balaban J connectivity index is 2.00. The van der Waals surface area contributed by atoms with Crippen molar-refractivity contribution < 1.29 is 49.6 Å². The van der Waals surface area contributed by atoms with Crippen LogP contribution < -0.4 is 5.73 Å². The second-order valence-corrected chi connectivity index (χ2v) is 8.23. The summed E-state index contributed by atoms with van der Waals surface area (Å²) in [5.74, 6) is 0. The van der Waals surface area contributed by atoms with Crippen molar-refractivity contribution in [1.29, 1.82) is 0 Å². The third-order valence-corrected chi connectivity index (χ3v) is 5.82. The highest BCUT2D eigenvalue weighted by Gasteiger charge is 2.50. The molecule has 2 fully saturated rings. The number of rotatable bonds is 12. The van der Waals surface area contributed by atoms with Gasteiger partial charge in [-0.3, -0.25) is 0 Å². The fraction of sp³-hybridized carbons (Fsp3) is 1.00. The van der Waals surface area contributed by atoms with Crippen LogP contribution in [0, 0.1) is 0 Å². The van der Waals surface area contributed by atoms with Crippen molar-refractivity contribution in [1.82, 2.24) is 0 Å². The van der Waals surface area contributed by atoms with E-state index in [0.29, 0.717) is 6.61 Å². The molecule has 0 aromatic rings. The van der Waals surface area contributed by atoms with Crippen LogP contribution >= 0.6 is 0 Å².